The Labute approximate surface area is 125 Å². The van der Waals surface area contributed by atoms with E-state index >= 15 is 0 Å². The highest BCUT2D eigenvalue weighted by atomic mass is 32.2. The van der Waals surface area contributed by atoms with Crippen LogP contribution < -0.4 is 5.73 Å². The predicted octanol–water partition coefficient (Wildman–Crippen LogP) is 4.11. The smallest absolute Gasteiger partial charge is 0.261 e. The number of hydrogen-bond acceptors (Lipinski definition) is 5. The maximum Gasteiger partial charge on any atom is 0.261 e. The van der Waals surface area contributed by atoms with E-state index in [2.05, 4.69) is 9.97 Å². The number of hydrogen-bond donors (Lipinski definition) is 1. The van der Waals surface area contributed by atoms with Gasteiger partial charge in [0.1, 0.15) is 5.52 Å². The van der Waals surface area contributed by atoms with E-state index in [1.165, 1.54) is 11.8 Å². The van der Waals surface area contributed by atoms with Gasteiger partial charge < -0.3 is 10.2 Å². The van der Waals surface area contributed by atoms with Crippen LogP contribution in [-0.2, 0) is 0 Å². The number of nitrogens with zero attached hydrogens (tertiary/aromatic N) is 2. The first-order valence-electron chi connectivity index (χ1n) is 6.48. The molecule has 0 spiro atoms. The van der Waals surface area contributed by atoms with Gasteiger partial charge in [-0.3, -0.25) is 4.98 Å². The third kappa shape index (κ3) is 2.11. The van der Waals surface area contributed by atoms with Crippen molar-refractivity contribution in [3.05, 3.63) is 54.7 Å². The van der Waals surface area contributed by atoms with E-state index in [1.54, 1.807) is 6.20 Å². The summed E-state index contributed by atoms with van der Waals surface area (Å²) in [5.74, 6) is 0. The molecule has 102 valence electrons. The fraction of sp³-hybridized carbons (Fsp3) is 0. The molecule has 4 aromatic rings. The molecule has 0 fully saturated rings. The molecule has 0 aliphatic carbocycles. The second-order valence-electron chi connectivity index (χ2n) is 4.61. The Bertz CT molecular complexity index is 915. The van der Waals surface area contributed by atoms with Crippen LogP contribution in [0.1, 0.15) is 0 Å². The van der Waals surface area contributed by atoms with Crippen molar-refractivity contribution in [1.82, 2.24) is 9.97 Å². The molecule has 0 amide bonds. The summed E-state index contributed by atoms with van der Waals surface area (Å²) in [6.45, 7) is 0. The lowest BCUT2D eigenvalue weighted by atomic mass is 10.2. The summed E-state index contributed by atoms with van der Waals surface area (Å²) < 4.78 is 5.75. The van der Waals surface area contributed by atoms with Gasteiger partial charge in [0.2, 0.25) is 0 Å². The lowest BCUT2D eigenvalue weighted by molar-refractivity contribution is 0.489. The molecule has 4 nitrogen and oxygen atoms in total. The lowest BCUT2D eigenvalue weighted by Crippen LogP contribution is -1.92. The minimum absolute atomic E-state index is 0.583. The molecule has 0 aliphatic heterocycles. The van der Waals surface area contributed by atoms with Gasteiger partial charge in [-0.05, 0) is 30.0 Å². The molecule has 0 aliphatic rings. The third-order valence-corrected chi connectivity index (χ3v) is 4.23. The van der Waals surface area contributed by atoms with Crippen LogP contribution in [0, 0.1) is 0 Å². The second kappa shape index (κ2) is 4.79. The monoisotopic (exact) mass is 293 g/mol. The number of pyridine rings is 1. The van der Waals surface area contributed by atoms with E-state index in [9.17, 15) is 0 Å². The number of nitrogen functional groups attached to an aromatic ring is 1. The van der Waals surface area contributed by atoms with Crippen molar-refractivity contribution in [3.8, 4) is 0 Å². The van der Waals surface area contributed by atoms with Gasteiger partial charge >= 0.3 is 0 Å². The van der Waals surface area contributed by atoms with Crippen molar-refractivity contribution in [2.45, 2.75) is 10.1 Å². The van der Waals surface area contributed by atoms with Crippen LogP contribution >= 0.6 is 11.8 Å². The molecule has 2 aromatic carbocycles. The zero-order valence-electron chi connectivity index (χ0n) is 11.0. The minimum atomic E-state index is 0.583. The van der Waals surface area contributed by atoms with Crippen molar-refractivity contribution in [2.75, 3.05) is 5.73 Å². The number of oxazole rings is 1. The first-order valence-corrected chi connectivity index (χ1v) is 7.29. The summed E-state index contributed by atoms with van der Waals surface area (Å²) in [5, 5.41) is 1.59. The summed E-state index contributed by atoms with van der Waals surface area (Å²) in [4.78, 5) is 9.74. The largest absolute Gasteiger partial charge is 0.431 e. The van der Waals surface area contributed by atoms with Crippen LogP contribution in [0.4, 0.5) is 5.69 Å². The molecule has 2 heterocycles. The highest BCUT2D eigenvalue weighted by molar-refractivity contribution is 7.99. The molecule has 0 saturated carbocycles. The molecule has 0 atom stereocenters. The molecule has 0 radical (unpaired) electrons. The van der Waals surface area contributed by atoms with Crippen LogP contribution in [-0.4, -0.2) is 9.97 Å². The number of anilines is 1. The topological polar surface area (TPSA) is 64.9 Å². The van der Waals surface area contributed by atoms with Gasteiger partial charge in [0.05, 0.1) is 22.3 Å². The van der Waals surface area contributed by atoms with Gasteiger partial charge in [0.25, 0.3) is 5.22 Å². The summed E-state index contributed by atoms with van der Waals surface area (Å²) >= 11 is 1.43. The fourth-order valence-corrected chi connectivity index (χ4v) is 3.13. The molecule has 2 N–H and O–H groups in total. The van der Waals surface area contributed by atoms with Crippen molar-refractivity contribution >= 4 is 39.5 Å². The van der Waals surface area contributed by atoms with Crippen molar-refractivity contribution in [1.29, 1.82) is 0 Å². The molecule has 0 saturated heterocycles. The van der Waals surface area contributed by atoms with E-state index in [1.807, 2.05) is 48.5 Å². The second-order valence-corrected chi connectivity index (χ2v) is 5.57. The fourth-order valence-electron chi connectivity index (χ4n) is 2.23. The van der Waals surface area contributed by atoms with Gasteiger partial charge in [-0.15, -0.1) is 0 Å². The van der Waals surface area contributed by atoms with E-state index in [4.69, 9.17) is 10.2 Å². The standard InChI is InChI=1S/C16H11N3OS/c17-11-9-18-12-6-2-1-5-10(12)15(11)21-16-19-13-7-3-4-8-14(13)20-16/h1-9H,17H2. The Morgan fingerprint density at radius 1 is 0.952 bits per heavy atom. The highest BCUT2D eigenvalue weighted by Crippen LogP contribution is 2.37. The van der Waals surface area contributed by atoms with E-state index < -0.39 is 0 Å². The van der Waals surface area contributed by atoms with Gasteiger partial charge in [0.15, 0.2) is 5.58 Å². The lowest BCUT2D eigenvalue weighted by Gasteiger charge is -2.06. The number of aromatic nitrogens is 2. The summed E-state index contributed by atoms with van der Waals surface area (Å²) in [6.07, 6.45) is 1.67. The predicted molar refractivity (Wildman–Crippen MR) is 84.3 cm³/mol. The Hall–Kier alpha value is -2.53. The normalized spacial score (nSPS) is 11.2. The average Bonchev–Trinajstić information content (AvgIpc) is 2.92. The number of para-hydroxylation sites is 3. The quantitative estimate of drug-likeness (QED) is 0.602. The molecule has 4 rings (SSSR count). The highest BCUT2D eigenvalue weighted by Gasteiger charge is 2.12. The van der Waals surface area contributed by atoms with Crippen molar-refractivity contribution < 1.29 is 4.42 Å². The molecular weight excluding hydrogens is 282 g/mol. The first-order chi connectivity index (χ1) is 10.3. The zero-order chi connectivity index (χ0) is 14.2. The minimum Gasteiger partial charge on any atom is -0.431 e. The van der Waals surface area contributed by atoms with Crippen LogP contribution in [0.15, 0.2) is 69.3 Å². The van der Waals surface area contributed by atoms with E-state index in [0.717, 1.165) is 26.9 Å². The number of benzene rings is 2. The number of rotatable bonds is 2. The Kier molecular flexibility index (Phi) is 2.79. The third-order valence-electron chi connectivity index (χ3n) is 3.22. The summed E-state index contributed by atoms with van der Waals surface area (Å²) in [5.41, 5.74) is 9.23. The van der Waals surface area contributed by atoms with Gasteiger partial charge in [-0.1, -0.05) is 30.3 Å². The van der Waals surface area contributed by atoms with Gasteiger partial charge in [-0.2, -0.15) is 0 Å². The SMILES string of the molecule is Nc1cnc2ccccc2c1Sc1nc2ccccc2o1. The molecule has 5 heteroatoms. The van der Waals surface area contributed by atoms with Crippen LogP contribution in [0.25, 0.3) is 22.0 Å². The first kappa shape index (κ1) is 12.2. The number of fused-ring (bicyclic) bond motifs is 2. The maximum atomic E-state index is 6.08. The molecular formula is C16H11N3OS. The average molecular weight is 293 g/mol. The van der Waals surface area contributed by atoms with E-state index in [-0.39, 0.29) is 0 Å². The summed E-state index contributed by atoms with van der Waals surface area (Å²) in [7, 11) is 0. The molecule has 0 unspecified atom stereocenters. The maximum absolute atomic E-state index is 6.08. The Balaban J connectivity index is 1.85. The molecule has 21 heavy (non-hydrogen) atoms. The van der Waals surface area contributed by atoms with Gasteiger partial charge in [0, 0.05) is 5.39 Å². The van der Waals surface area contributed by atoms with Crippen LogP contribution in [0.2, 0.25) is 0 Å². The van der Waals surface area contributed by atoms with Crippen molar-refractivity contribution in [2.24, 2.45) is 0 Å². The van der Waals surface area contributed by atoms with E-state index in [0.29, 0.717) is 10.9 Å². The Morgan fingerprint density at radius 2 is 1.71 bits per heavy atom. The van der Waals surface area contributed by atoms with Crippen LogP contribution in [0.5, 0.6) is 0 Å². The van der Waals surface area contributed by atoms with Gasteiger partial charge in [-0.25, -0.2) is 4.98 Å². The van der Waals surface area contributed by atoms with Crippen molar-refractivity contribution in [3.63, 3.8) is 0 Å². The Morgan fingerprint density at radius 3 is 2.57 bits per heavy atom. The van der Waals surface area contributed by atoms with Crippen LogP contribution in [0.3, 0.4) is 0 Å². The number of nitrogens with two attached hydrogens (primary N) is 1. The summed E-state index contributed by atoms with van der Waals surface area (Å²) in [6, 6.07) is 15.6. The molecule has 2 aromatic heterocycles. The zero-order valence-corrected chi connectivity index (χ0v) is 11.8. The molecule has 0 bridgehead atoms.